The Hall–Kier alpha value is -3.96. The summed E-state index contributed by atoms with van der Waals surface area (Å²) in [5.74, 6) is -1.63. The fourth-order valence-electron chi connectivity index (χ4n) is 2.26. The third-order valence-electron chi connectivity index (χ3n) is 3.76. The summed E-state index contributed by atoms with van der Waals surface area (Å²) < 4.78 is 31.0. The lowest BCUT2D eigenvalue weighted by atomic mass is 10.2. The number of hydrogen-bond donors (Lipinski definition) is 3. The lowest BCUT2D eigenvalue weighted by Gasteiger charge is -2.00. The van der Waals surface area contributed by atoms with Crippen LogP contribution in [0.1, 0.15) is 10.4 Å². The van der Waals surface area contributed by atoms with Gasteiger partial charge in [0.25, 0.3) is 10.1 Å². The van der Waals surface area contributed by atoms with Gasteiger partial charge in [0.2, 0.25) is 0 Å². The maximum atomic E-state index is 11.0. The highest BCUT2D eigenvalue weighted by Gasteiger charge is 2.10. The number of azo groups is 2. The molecule has 3 rings (SSSR count). The summed E-state index contributed by atoms with van der Waals surface area (Å²) in [7, 11) is -4.26. The molecule has 3 N–H and O–H groups in total. The van der Waals surface area contributed by atoms with Crippen molar-refractivity contribution in [3.05, 3.63) is 72.3 Å². The summed E-state index contributed by atoms with van der Waals surface area (Å²) in [6.07, 6.45) is 0. The molecule has 0 radical (unpaired) electrons. The molecule has 0 fully saturated rings. The predicted octanol–water partition coefficient (Wildman–Crippen LogP) is 5.17. The van der Waals surface area contributed by atoms with E-state index in [0.29, 0.717) is 17.1 Å². The number of carbonyl (C=O) groups is 1. The average molecular weight is 426 g/mol. The van der Waals surface area contributed by atoms with Gasteiger partial charge in [0.1, 0.15) is 11.3 Å². The van der Waals surface area contributed by atoms with Gasteiger partial charge in [-0.1, -0.05) is 0 Å². The minimum Gasteiger partial charge on any atom is -0.507 e. The van der Waals surface area contributed by atoms with E-state index in [9.17, 15) is 18.3 Å². The first kappa shape index (κ1) is 20.8. The number of hydrogen-bond acceptors (Lipinski definition) is 8. The summed E-state index contributed by atoms with van der Waals surface area (Å²) in [6.45, 7) is 0. The first-order valence-corrected chi connectivity index (χ1v) is 9.74. The van der Waals surface area contributed by atoms with E-state index in [2.05, 4.69) is 20.5 Å². The number of carboxylic acid groups (broad SMARTS) is 1. The maximum Gasteiger partial charge on any atom is 0.339 e. The van der Waals surface area contributed by atoms with Crippen LogP contribution >= 0.6 is 0 Å². The van der Waals surface area contributed by atoms with Crippen molar-refractivity contribution >= 4 is 38.8 Å². The highest BCUT2D eigenvalue weighted by Crippen LogP contribution is 2.26. The van der Waals surface area contributed by atoms with Crippen molar-refractivity contribution in [2.24, 2.45) is 20.5 Å². The topological polar surface area (TPSA) is 161 Å². The molecule has 3 aromatic rings. The van der Waals surface area contributed by atoms with Crippen LogP contribution < -0.4 is 0 Å². The van der Waals surface area contributed by atoms with Crippen molar-refractivity contribution in [1.82, 2.24) is 0 Å². The largest absolute Gasteiger partial charge is 0.507 e. The van der Waals surface area contributed by atoms with E-state index in [4.69, 9.17) is 9.66 Å². The molecule has 0 atom stereocenters. The lowest BCUT2D eigenvalue weighted by Crippen LogP contribution is -1.96. The molecule has 10 nitrogen and oxygen atoms in total. The zero-order valence-corrected chi connectivity index (χ0v) is 15.9. The van der Waals surface area contributed by atoms with Crippen molar-refractivity contribution < 1.29 is 28.0 Å². The molecule has 0 aliphatic rings. The third-order valence-corrected chi connectivity index (χ3v) is 4.62. The van der Waals surface area contributed by atoms with E-state index in [-0.39, 0.29) is 21.9 Å². The van der Waals surface area contributed by atoms with Crippen LogP contribution in [0.2, 0.25) is 0 Å². The van der Waals surface area contributed by atoms with E-state index in [1.54, 1.807) is 24.3 Å². The molecular formula is C19H14N4O6S. The number of benzene rings is 3. The Morgan fingerprint density at radius 2 is 1.10 bits per heavy atom. The Bertz CT molecular complexity index is 1240. The molecule has 0 heterocycles. The molecule has 152 valence electrons. The fourth-order valence-corrected chi connectivity index (χ4v) is 2.74. The molecule has 0 saturated carbocycles. The van der Waals surface area contributed by atoms with E-state index in [0.717, 1.165) is 0 Å². The van der Waals surface area contributed by atoms with Crippen LogP contribution in [0.25, 0.3) is 0 Å². The van der Waals surface area contributed by atoms with Gasteiger partial charge in [0.05, 0.1) is 27.6 Å². The summed E-state index contributed by atoms with van der Waals surface area (Å²) in [5.41, 5.74) is 1.38. The van der Waals surface area contributed by atoms with Crippen molar-refractivity contribution in [3.63, 3.8) is 0 Å². The zero-order chi connectivity index (χ0) is 21.7. The predicted molar refractivity (Wildman–Crippen MR) is 106 cm³/mol. The SMILES string of the molecule is O=C(O)c1cc(/N=N/c2ccc(/N=N/c3ccc(S(=O)(=O)O)cc3)cc2)ccc1O. The molecular weight excluding hydrogens is 412 g/mol. The Kier molecular flexibility index (Phi) is 5.95. The molecule has 0 amide bonds. The highest BCUT2D eigenvalue weighted by molar-refractivity contribution is 7.85. The van der Waals surface area contributed by atoms with E-state index >= 15 is 0 Å². The average Bonchev–Trinajstić information content (AvgIpc) is 2.72. The molecule has 0 spiro atoms. The maximum absolute atomic E-state index is 11.0. The summed E-state index contributed by atoms with van der Waals surface area (Å²) in [6, 6.07) is 15.6. The quantitative estimate of drug-likeness (QED) is 0.364. The first-order chi connectivity index (χ1) is 14.2. The van der Waals surface area contributed by atoms with E-state index in [1.165, 1.54) is 42.5 Å². The molecule has 0 aliphatic carbocycles. The normalized spacial score (nSPS) is 11.9. The third kappa shape index (κ3) is 5.31. The molecule has 0 aliphatic heterocycles. The first-order valence-electron chi connectivity index (χ1n) is 8.30. The second-order valence-electron chi connectivity index (χ2n) is 5.89. The fraction of sp³-hybridized carbons (Fsp3) is 0. The monoisotopic (exact) mass is 426 g/mol. The molecule has 0 bridgehead atoms. The number of nitrogens with zero attached hydrogens (tertiary/aromatic N) is 4. The lowest BCUT2D eigenvalue weighted by molar-refractivity contribution is 0.0693. The van der Waals surface area contributed by atoms with Crippen LogP contribution in [-0.2, 0) is 10.1 Å². The van der Waals surface area contributed by atoms with E-state index < -0.39 is 16.1 Å². The molecule has 30 heavy (non-hydrogen) atoms. The smallest absolute Gasteiger partial charge is 0.339 e. The second kappa shape index (κ2) is 8.59. The van der Waals surface area contributed by atoms with Crippen LogP contribution in [0, 0.1) is 0 Å². The van der Waals surface area contributed by atoms with Gasteiger partial charge in [-0.15, -0.1) is 0 Å². The van der Waals surface area contributed by atoms with Crippen molar-refractivity contribution in [1.29, 1.82) is 0 Å². The van der Waals surface area contributed by atoms with Crippen LogP contribution in [0.4, 0.5) is 22.7 Å². The van der Waals surface area contributed by atoms with Gasteiger partial charge >= 0.3 is 5.97 Å². The summed E-state index contributed by atoms with van der Waals surface area (Å²) in [4.78, 5) is 10.8. The number of aromatic hydroxyl groups is 1. The Labute approximate surface area is 170 Å². The van der Waals surface area contributed by atoms with Crippen molar-refractivity contribution in [2.75, 3.05) is 0 Å². The standard InChI is InChI=1S/C19H14N4O6S/c24-18-10-7-15(11-17(18)19(25)26)23-22-13-3-1-12(2-4-13)20-21-14-5-8-16(9-6-14)30(27,28)29/h1-11,24H,(H,25,26)(H,27,28,29)/b21-20+,23-22+. The minimum absolute atomic E-state index is 0.236. The summed E-state index contributed by atoms with van der Waals surface area (Å²) >= 11 is 0. The molecule has 11 heteroatoms. The Morgan fingerprint density at radius 1 is 0.700 bits per heavy atom. The van der Waals surface area contributed by atoms with Gasteiger partial charge in [-0.3, -0.25) is 4.55 Å². The van der Waals surface area contributed by atoms with E-state index in [1.807, 2.05) is 0 Å². The van der Waals surface area contributed by atoms with Gasteiger partial charge in [-0.2, -0.15) is 28.9 Å². The molecule has 0 unspecified atom stereocenters. The van der Waals surface area contributed by atoms with Crippen LogP contribution in [-0.4, -0.2) is 29.2 Å². The summed E-state index contributed by atoms with van der Waals surface area (Å²) in [5, 5.41) is 34.4. The number of aromatic carboxylic acids is 1. The number of carboxylic acids is 1. The van der Waals surface area contributed by atoms with Crippen LogP contribution in [0.3, 0.4) is 0 Å². The molecule has 3 aromatic carbocycles. The molecule has 0 aromatic heterocycles. The van der Waals surface area contributed by atoms with Gasteiger partial charge in [0, 0.05) is 0 Å². The van der Waals surface area contributed by atoms with Gasteiger partial charge in [0.15, 0.2) is 0 Å². The zero-order valence-electron chi connectivity index (χ0n) is 15.1. The Balaban J connectivity index is 1.69. The van der Waals surface area contributed by atoms with Gasteiger partial charge < -0.3 is 10.2 Å². The van der Waals surface area contributed by atoms with Gasteiger partial charge in [-0.05, 0) is 66.7 Å². The Morgan fingerprint density at radius 3 is 1.53 bits per heavy atom. The number of rotatable bonds is 6. The van der Waals surface area contributed by atoms with Crippen LogP contribution in [0.5, 0.6) is 5.75 Å². The molecule has 0 saturated heterocycles. The van der Waals surface area contributed by atoms with Crippen molar-refractivity contribution in [2.45, 2.75) is 4.90 Å². The second-order valence-corrected chi connectivity index (χ2v) is 7.31. The minimum atomic E-state index is -4.26. The van der Waals surface area contributed by atoms with Crippen molar-refractivity contribution in [3.8, 4) is 5.75 Å². The number of phenols is 1. The van der Waals surface area contributed by atoms with Crippen LogP contribution in [0.15, 0.2) is 92.1 Å². The highest BCUT2D eigenvalue weighted by atomic mass is 32.2. The van der Waals surface area contributed by atoms with Gasteiger partial charge in [-0.25, -0.2) is 4.79 Å².